The predicted molar refractivity (Wildman–Crippen MR) is 124 cm³/mol. The Hall–Kier alpha value is -2.27. The molecule has 0 amide bonds. The number of sulfonamides is 1. The normalized spacial score (nSPS) is 12.0. The summed E-state index contributed by atoms with van der Waals surface area (Å²) in [7, 11) is -3.96. The topological polar surface area (TPSA) is 121 Å². The van der Waals surface area contributed by atoms with Crippen LogP contribution in [0, 0.1) is 11.8 Å². The number of aromatic nitrogens is 6. The average molecular weight is 498 g/mol. The average Bonchev–Trinajstić information content (AvgIpc) is 3.18. The monoisotopic (exact) mass is 497 g/mol. The molecule has 0 radical (unpaired) electrons. The van der Waals surface area contributed by atoms with Gasteiger partial charge in [-0.15, -0.1) is 0 Å². The van der Waals surface area contributed by atoms with Gasteiger partial charge in [0, 0.05) is 0 Å². The minimum absolute atomic E-state index is 0.160. The number of primary sulfonamides is 1. The molecule has 32 heavy (non-hydrogen) atoms. The Kier molecular flexibility index (Phi) is 7.39. The summed E-state index contributed by atoms with van der Waals surface area (Å²) in [5, 5.41) is 13.8. The number of halogens is 2. The first-order chi connectivity index (χ1) is 14.9. The predicted octanol–water partition coefficient (Wildman–Crippen LogP) is 3.81. The fourth-order valence-electron chi connectivity index (χ4n) is 3.11. The van der Waals surface area contributed by atoms with Crippen LogP contribution in [0.5, 0.6) is 0 Å². The minimum Gasteiger partial charge on any atom is -0.223 e. The van der Waals surface area contributed by atoms with Crippen molar-refractivity contribution < 1.29 is 8.42 Å². The van der Waals surface area contributed by atoms with E-state index < -0.39 is 10.0 Å². The highest BCUT2D eigenvalue weighted by Gasteiger charge is 2.22. The standard InChI is InChI=1S/C10H13ClN4O2S.C10H12ClN3/c1-6(2)5-7-3-4-8-13-9(11)10(15(8)14-7)18(12,16)17;1-7(2)5-8-3-4-10-12-9(11)6-14(10)13-8/h3-4,6H,5H2,1-2H3,(H2,12,16,17);3-4,6-7H,5H2,1-2H3. The molecule has 0 saturated heterocycles. The van der Waals surface area contributed by atoms with E-state index in [1.54, 1.807) is 22.8 Å². The number of nitrogens with zero attached hydrogens (tertiary/aromatic N) is 6. The van der Waals surface area contributed by atoms with E-state index in [0.717, 1.165) is 29.9 Å². The Morgan fingerprint density at radius 3 is 2.03 bits per heavy atom. The van der Waals surface area contributed by atoms with E-state index in [2.05, 4.69) is 34.0 Å². The Labute approximate surface area is 196 Å². The first kappa shape index (κ1) is 24.4. The molecule has 4 heterocycles. The van der Waals surface area contributed by atoms with E-state index >= 15 is 0 Å². The zero-order valence-electron chi connectivity index (χ0n) is 18.2. The summed E-state index contributed by atoms with van der Waals surface area (Å²) < 4.78 is 25.8. The lowest BCUT2D eigenvalue weighted by atomic mass is 10.1. The van der Waals surface area contributed by atoms with Crippen LogP contribution in [0.3, 0.4) is 0 Å². The van der Waals surface area contributed by atoms with E-state index in [1.165, 1.54) is 4.52 Å². The second-order valence-corrected chi connectivity index (χ2v) is 10.5. The molecular weight excluding hydrogens is 473 g/mol. The fourth-order valence-corrected chi connectivity index (χ4v) is 4.43. The van der Waals surface area contributed by atoms with Crippen LogP contribution in [0.1, 0.15) is 39.1 Å². The van der Waals surface area contributed by atoms with Crippen molar-refractivity contribution in [2.75, 3.05) is 0 Å². The van der Waals surface area contributed by atoms with Crippen LogP contribution < -0.4 is 5.14 Å². The zero-order chi connectivity index (χ0) is 23.6. The number of nitrogens with two attached hydrogens (primary N) is 1. The fraction of sp³-hybridized carbons (Fsp3) is 0.400. The van der Waals surface area contributed by atoms with Gasteiger partial charge in [0.05, 0.1) is 17.6 Å². The van der Waals surface area contributed by atoms with Crippen molar-refractivity contribution in [3.63, 3.8) is 0 Å². The number of hydrogen-bond acceptors (Lipinski definition) is 6. The highest BCUT2D eigenvalue weighted by Crippen LogP contribution is 2.21. The molecular formula is C20H25Cl2N7O2S. The summed E-state index contributed by atoms with van der Waals surface area (Å²) in [5.41, 5.74) is 2.98. The zero-order valence-corrected chi connectivity index (χ0v) is 20.5. The third kappa shape index (κ3) is 5.94. The Balaban J connectivity index is 0.000000186. The van der Waals surface area contributed by atoms with Crippen molar-refractivity contribution in [1.29, 1.82) is 0 Å². The maximum atomic E-state index is 11.5. The van der Waals surface area contributed by atoms with Crippen molar-refractivity contribution in [2.24, 2.45) is 17.0 Å². The third-order valence-electron chi connectivity index (χ3n) is 4.30. The van der Waals surface area contributed by atoms with Crippen LogP contribution in [0.4, 0.5) is 0 Å². The molecule has 4 aromatic heterocycles. The van der Waals surface area contributed by atoms with Gasteiger partial charge in [0.15, 0.2) is 16.4 Å². The molecule has 0 aliphatic carbocycles. The van der Waals surface area contributed by atoms with Crippen LogP contribution in [0.25, 0.3) is 11.3 Å². The van der Waals surface area contributed by atoms with Gasteiger partial charge in [-0.2, -0.15) is 14.7 Å². The molecule has 12 heteroatoms. The molecule has 0 unspecified atom stereocenters. The van der Waals surface area contributed by atoms with Crippen molar-refractivity contribution in [3.05, 3.63) is 52.2 Å². The van der Waals surface area contributed by atoms with Crippen LogP contribution in [0.15, 0.2) is 35.5 Å². The van der Waals surface area contributed by atoms with Gasteiger partial charge in [-0.3, -0.25) is 0 Å². The maximum Gasteiger partial charge on any atom is 0.258 e. The van der Waals surface area contributed by atoms with Gasteiger partial charge < -0.3 is 0 Å². The van der Waals surface area contributed by atoms with Crippen molar-refractivity contribution in [1.82, 2.24) is 29.2 Å². The maximum absolute atomic E-state index is 11.5. The first-order valence-electron chi connectivity index (χ1n) is 10.0. The molecule has 0 saturated carbocycles. The Morgan fingerprint density at radius 1 is 0.906 bits per heavy atom. The highest BCUT2D eigenvalue weighted by atomic mass is 35.5. The van der Waals surface area contributed by atoms with Crippen LogP contribution in [-0.2, 0) is 22.9 Å². The summed E-state index contributed by atoms with van der Waals surface area (Å²) in [6.07, 6.45) is 3.43. The Morgan fingerprint density at radius 2 is 1.47 bits per heavy atom. The van der Waals surface area contributed by atoms with Gasteiger partial charge in [-0.05, 0) is 48.9 Å². The molecule has 0 bridgehead atoms. The molecule has 4 rings (SSSR count). The molecule has 2 N–H and O–H groups in total. The van der Waals surface area contributed by atoms with Crippen LogP contribution >= 0.6 is 23.2 Å². The largest absolute Gasteiger partial charge is 0.258 e. The summed E-state index contributed by atoms with van der Waals surface area (Å²) in [6.45, 7) is 8.44. The lowest BCUT2D eigenvalue weighted by Crippen LogP contribution is -2.16. The molecule has 0 aromatic carbocycles. The van der Waals surface area contributed by atoms with Crippen molar-refractivity contribution in [2.45, 2.75) is 45.6 Å². The smallest absolute Gasteiger partial charge is 0.223 e. The van der Waals surface area contributed by atoms with Crippen molar-refractivity contribution in [3.8, 4) is 0 Å². The molecule has 9 nitrogen and oxygen atoms in total. The number of hydrogen-bond donors (Lipinski definition) is 1. The molecule has 0 atom stereocenters. The highest BCUT2D eigenvalue weighted by molar-refractivity contribution is 7.89. The van der Waals surface area contributed by atoms with Gasteiger partial charge in [0.1, 0.15) is 5.15 Å². The van der Waals surface area contributed by atoms with Gasteiger partial charge in [0.2, 0.25) is 5.03 Å². The summed E-state index contributed by atoms with van der Waals surface area (Å²) in [6, 6.07) is 7.41. The second-order valence-electron chi connectivity index (χ2n) is 8.23. The summed E-state index contributed by atoms with van der Waals surface area (Å²) in [4.78, 5) is 8.01. The SMILES string of the molecule is CC(C)Cc1ccc2nc(Cl)c(S(N)(=O)=O)n2n1.CC(C)Cc1ccc2nc(Cl)cn2n1. The minimum atomic E-state index is -3.96. The van der Waals surface area contributed by atoms with Crippen LogP contribution in [-0.4, -0.2) is 37.6 Å². The quantitative estimate of drug-likeness (QED) is 0.447. The Bertz CT molecular complexity index is 1350. The lowest BCUT2D eigenvalue weighted by Gasteiger charge is -2.05. The van der Waals surface area contributed by atoms with Crippen molar-refractivity contribution >= 4 is 44.5 Å². The molecule has 172 valence electrons. The molecule has 4 aromatic rings. The number of imidazole rings is 2. The number of fused-ring (bicyclic) bond motifs is 2. The van der Waals surface area contributed by atoms with E-state index in [1.807, 2.05) is 26.0 Å². The second kappa shape index (κ2) is 9.70. The van der Waals surface area contributed by atoms with Gasteiger partial charge in [-0.25, -0.2) is 28.0 Å². The lowest BCUT2D eigenvalue weighted by molar-refractivity contribution is 0.586. The van der Waals surface area contributed by atoms with E-state index in [0.29, 0.717) is 22.6 Å². The first-order valence-corrected chi connectivity index (χ1v) is 12.3. The molecule has 0 aliphatic heterocycles. The third-order valence-corrected chi connectivity index (χ3v) is 5.76. The summed E-state index contributed by atoms with van der Waals surface area (Å²) in [5.74, 6) is 1.02. The van der Waals surface area contributed by atoms with E-state index in [4.69, 9.17) is 28.3 Å². The van der Waals surface area contributed by atoms with E-state index in [-0.39, 0.29) is 10.2 Å². The van der Waals surface area contributed by atoms with Crippen LogP contribution in [0.2, 0.25) is 10.3 Å². The molecule has 0 aliphatic rings. The number of rotatable bonds is 5. The summed E-state index contributed by atoms with van der Waals surface area (Å²) >= 11 is 11.5. The van der Waals surface area contributed by atoms with Gasteiger partial charge in [-0.1, -0.05) is 50.9 Å². The molecule has 0 fully saturated rings. The van der Waals surface area contributed by atoms with Gasteiger partial charge >= 0.3 is 0 Å². The van der Waals surface area contributed by atoms with E-state index in [9.17, 15) is 8.42 Å². The molecule has 0 spiro atoms. The van der Waals surface area contributed by atoms with Gasteiger partial charge in [0.25, 0.3) is 10.0 Å².